The number of carbonyl (C=O) groups is 3. The number of nitrogens with one attached hydrogen (secondary N) is 1. The van der Waals surface area contributed by atoms with Gasteiger partial charge in [-0.3, -0.25) is 10.1 Å². The number of nitriles is 1. The molecule has 0 spiro atoms. The number of ether oxygens (including phenoxy) is 2. The molecule has 1 aromatic carbocycles. The number of carboxylic acid groups (broad SMARTS) is 1. The lowest BCUT2D eigenvalue weighted by molar-refractivity contribution is -0.139. The summed E-state index contributed by atoms with van der Waals surface area (Å²) in [4.78, 5) is 32.7. The quantitative estimate of drug-likeness (QED) is 0.502. The normalized spacial score (nSPS) is 10.3. The molecule has 0 fully saturated rings. The van der Waals surface area contributed by atoms with Gasteiger partial charge in [0, 0.05) is 0 Å². The van der Waals surface area contributed by atoms with E-state index < -0.39 is 24.5 Å². The van der Waals surface area contributed by atoms with Crippen molar-refractivity contribution in [2.45, 2.75) is 0 Å². The number of hydrogen-bond donors (Lipinski definition) is 3. The van der Waals surface area contributed by atoms with Gasteiger partial charge >= 0.3 is 12.0 Å². The molecule has 1 aromatic rings. The Labute approximate surface area is 130 Å². The van der Waals surface area contributed by atoms with Crippen LogP contribution in [0.2, 0.25) is 0 Å². The summed E-state index contributed by atoms with van der Waals surface area (Å²) in [5, 5.41) is 19.3. The van der Waals surface area contributed by atoms with E-state index in [2.05, 4.69) is 0 Å². The molecule has 0 saturated carbocycles. The Bertz CT molecular complexity index is 705. The molecule has 120 valence electrons. The number of carboxylic acids is 1. The SMILES string of the molecule is COc1cc(/C=C(/C#N)C(=O)NC(N)=O)ccc1OCC(=O)O. The van der Waals surface area contributed by atoms with Crippen LogP contribution >= 0.6 is 0 Å². The second-order valence-electron chi connectivity index (χ2n) is 4.08. The zero-order chi connectivity index (χ0) is 17.4. The number of nitrogens with zero attached hydrogens (tertiary/aromatic N) is 1. The molecular weight excluding hydrogens is 306 g/mol. The van der Waals surface area contributed by atoms with Crippen LogP contribution in [0.15, 0.2) is 23.8 Å². The smallest absolute Gasteiger partial charge is 0.341 e. The maximum Gasteiger partial charge on any atom is 0.341 e. The molecule has 0 aliphatic heterocycles. The van der Waals surface area contributed by atoms with E-state index in [-0.39, 0.29) is 17.1 Å². The second kappa shape index (κ2) is 8.04. The van der Waals surface area contributed by atoms with E-state index in [0.717, 1.165) is 0 Å². The fourth-order valence-electron chi connectivity index (χ4n) is 1.53. The van der Waals surface area contributed by atoms with Gasteiger partial charge in [0.1, 0.15) is 11.6 Å². The summed E-state index contributed by atoms with van der Waals surface area (Å²) in [5.74, 6) is -1.68. The highest BCUT2D eigenvalue weighted by atomic mass is 16.5. The van der Waals surface area contributed by atoms with Gasteiger partial charge in [-0.15, -0.1) is 0 Å². The number of methoxy groups -OCH3 is 1. The number of hydrogen-bond acceptors (Lipinski definition) is 6. The second-order valence-corrected chi connectivity index (χ2v) is 4.08. The van der Waals surface area contributed by atoms with Gasteiger partial charge in [-0.05, 0) is 23.8 Å². The van der Waals surface area contributed by atoms with Gasteiger partial charge in [-0.25, -0.2) is 9.59 Å². The largest absolute Gasteiger partial charge is 0.493 e. The molecule has 0 unspecified atom stereocenters. The lowest BCUT2D eigenvalue weighted by atomic mass is 10.1. The number of primary amides is 1. The topological polar surface area (TPSA) is 152 Å². The minimum atomic E-state index is -1.15. The van der Waals surface area contributed by atoms with Crippen molar-refractivity contribution in [3.63, 3.8) is 0 Å². The highest BCUT2D eigenvalue weighted by molar-refractivity contribution is 6.08. The highest BCUT2D eigenvalue weighted by Crippen LogP contribution is 2.28. The van der Waals surface area contributed by atoms with Gasteiger partial charge in [-0.2, -0.15) is 5.26 Å². The molecule has 0 aromatic heterocycles. The molecule has 0 aliphatic rings. The van der Waals surface area contributed by atoms with Crippen molar-refractivity contribution < 1.29 is 29.0 Å². The maximum atomic E-state index is 11.6. The molecule has 0 saturated heterocycles. The van der Waals surface area contributed by atoms with Gasteiger partial charge in [0.15, 0.2) is 18.1 Å². The van der Waals surface area contributed by atoms with Gasteiger partial charge in [0.2, 0.25) is 0 Å². The molecule has 0 aliphatic carbocycles. The van der Waals surface area contributed by atoms with Gasteiger partial charge in [-0.1, -0.05) is 6.07 Å². The molecular formula is C14H13N3O6. The van der Waals surface area contributed by atoms with Crippen LogP contribution in [-0.4, -0.2) is 36.7 Å². The summed E-state index contributed by atoms with van der Waals surface area (Å²) in [7, 11) is 1.35. The first-order valence-corrected chi connectivity index (χ1v) is 6.12. The zero-order valence-corrected chi connectivity index (χ0v) is 12.0. The molecule has 0 atom stereocenters. The van der Waals surface area contributed by atoms with Crippen LogP contribution in [0.25, 0.3) is 6.08 Å². The van der Waals surface area contributed by atoms with E-state index >= 15 is 0 Å². The fraction of sp³-hybridized carbons (Fsp3) is 0.143. The van der Waals surface area contributed by atoms with Crippen molar-refractivity contribution in [1.29, 1.82) is 5.26 Å². The number of amides is 3. The number of urea groups is 1. The number of aliphatic carboxylic acids is 1. The first-order valence-electron chi connectivity index (χ1n) is 6.12. The Morgan fingerprint density at radius 1 is 1.39 bits per heavy atom. The molecule has 0 radical (unpaired) electrons. The molecule has 0 bridgehead atoms. The van der Waals surface area contributed by atoms with Crippen molar-refractivity contribution >= 4 is 24.0 Å². The number of benzene rings is 1. The highest BCUT2D eigenvalue weighted by Gasteiger charge is 2.12. The summed E-state index contributed by atoms with van der Waals surface area (Å²) in [6.45, 7) is -0.546. The van der Waals surface area contributed by atoms with Crippen molar-refractivity contribution in [3.05, 3.63) is 29.3 Å². The molecule has 23 heavy (non-hydrogen) atoms. The average Bonchev–Trinajstić information content (AvgIpc) is 2.49. The van der Waals surface area contributed by atoms with E-state index in [1.807, 2.05) is 0 Å². The van der Waals surface area contributed by atoms with Crippen LogP contribution in [0, 0.1) is 11.3 Å². The lowest BCUT2D eigenvalue weighted by Crippen LogP contribution is -2.35. The fourth-order valence-corrected chi connectivity index (χ4v) is 1.53. The average molecular weight is 319 g/mol. The van der Waals surface area contributed by atoms with Crippen LogP contribution in [0.1, 0.15) is 5.56 Å². The van der Waals surface area contributed by atoms with E-state index in [4.69, 9.17) is 25.6 Å². The van der Waals surface area contributed by atoms with Crippen LogP contribution in [-0.2, 0) is 9.59 Å². The third-order valence-corrected chi connectivity index (χ3v) is 2.45. The lowest BCUT2D eigenvalue weighted by Gasteiger charge is -2.09. The van der Waals surface area contributed by atoms with Crippen molar-refractivity contribution in [2.24, 2.45) is 5.73 Å². The first kappa shape index (κ1) is 17.5. The molecule has 3 amide bonds. The summed E-state index contributed by atoms with van der Waals surface area (Å²) in [6.07, 6.45) is 1.21. The standard InChI is InChI=1S/C14H13N3O6/c1-22-11-5-8(2-3-10(11)23-7-12(18)19)4-9(6-15)13(20)17-14(16)21/h2-5H,7H2,1H3,(H,18,19)(H3,16,17,20,21)/b9-4-. The minimum absolute atomic E-state index is 0.187. The summed E-state index contributed by atoms with van der Waals surface area (Å²) in [5.41, 5.74) is 4.87. The Hall–Kier alpha value is -3.54. The number of carbonyl (C=O) groups excluding carboxylic acids is 2. The molecule has 9 heteroatoms. The van der Waals surface area contributed by atoms with Crippen molar-refractivity contribution in [1.82, 2.24) is 5.32 Å². The molecule has 4 N–H and O–H groups in total. The Morgan fingerprint density at radius 3 is 2.61 bits per heavy atom. The van der Waals surface area contributed by atoms with Crippen molar-refractivity contribution in [2.75, 3.05) is 13.7 Å². The predicted octanol–water partition coefficient (Wildman–Crippen LogP) is 0.260. The summed E-state index contributed by atoms with van der Waals surface area (Å²) >= 11 is 0. The monoisotopic (exact) mass is 319 g/mol. The van der Waals surface area contributed by atoms with Gasteiger partial charge < -0.3 is 20.3 Å². The maximum absolute atomic E-state index is 11.6. The van der Waals surface area contributed by atoms with E-state index in [0.29, 0.717) is 5.56 Å². The van der Waals surface area contributed by atoms with E-state index in [9.17, 15) is 14.4 Å². The molecule has 0 heterocycles. The van der Waals surface area contributed by atoms with Crippen molar-refractivity contribution in [3.8, 4) is 17.6 Å². The van der Waals surface area contributed by atoms with Gasteiger partial charge in [0.25, 0.3) is 5.91 Å². The van der Waals surface area contributed by atoms with Crippen LogP contribution < -0.4 is 20.5 Å². The zero-order valence-electron chi connectivity index (χ0n) is 12.0. The number of rotatable bonds is 6. The molecule has 9 nitrogen and oxygen atoms in total. The van der Waals surface area contributed by atoms with E-state index in [1.165, 1.54) is 31.4 Å². The van der Waals surface area contributed by atoms with Gasteiger partial charge in [0.05, 0.1) is 7.11 Å². The van der Waals surface area contributed by atoms with E-state index in [1.54, 1.807) is 11.4 Å². The predicted molar refractivity (Wildman–Crippen MR) is 77.4 cm³/mol. The third-order valence-electron chi connectivity index (χ3n) is 2.45. The van der Waals surface area contributed by atoms with Crippen LogP contribution in [0.5, 0.6) is 11.5 Å². The third kappa shape index (κ3) is 5.39. The van der Waals surface area contributed by atoms with Crippen LogP contribution in [0.3, 0.4) is 0 Å². The summed E-state index contributed by atoms with van der Waals surface area (Å²) < 4.78 is 10.1. The number of imide groups is 1. The first-order chi connectivity index (χ1) is 10.9. The minimum Gasteiger partial charge on any atom is -0.493 e. The van der Waals surface area contributed by atoms with Crippen LogP contribution in [0.4, 0.5) is 4.79 Å². The Balaban J connectivity index is 3.06. The molecule has 1 rings (SSSR count). The Kier molecular flexibility index (Phi) is 6.12. The summed E-state index contributed by atoms with van der Waals surface area (Å²) in [6, 6.07) is 4.90. The number of nitrogens with two attached hydrogens (primary N) is 1. The Morgan fingerprint density at radius 2 is 2.09 bits per heavy atom.